The highest BCUT2D eigenvalue weighted by Gasteiger charge is 2.45. The minimum atomic E-state index is 0.0988. The Kier molecular flexibility index (Phi) is 2.89. The van der Waals surface area contributed by atoms with Crippen molar-refractivity contribution in [1.82, 2.24) is 4.90 Å². The lowest BCUT2D eigenvalue weighted by molar-refractivity contribution is -0.0249. The average molecular weight is 322 g/mol. The summed E-state index contributed by atoms with van der Waals surface area (Å²) in [6.45, 7) is 2.53. The highest BCUT2D eigenvalue weighted by atomic mass is 79.9. The van der Waals surface area contributed by atoms with Gasteiger partial charge in [0.1, 0.15) is 11.4 Å². The lowest BCUT2D eigenvalue weighted by Crippen LogP contribution is -2.54. The number of benzene rings is 1. The average Bonchev–Trinajstić information content (AvgIpc) is 2.75. The van der Waals surface area contributed by atoms with Crippen molar-refractivity contribution in [2.24, 2.45) is 0 Å². The molecular formula is C16H20BrNO. The Bertz CT molecular complexity index is 504. The van der Waals surface area contributed by atoms with Gasteiger partial charge >= 0.3 is 0 Å². The predicted molar refractivity (Wildman–Crippen MR) is 79.7 cm³/mol. The van der Waals surface area contributed by atoms with E-state index in [2.05, 4.69) is 39.0 Å². The molecule has 0 N–H and O–H groups in total. The zero-order valence-corrected chi connectivity index (χ0v) is 12.8. The second-order valence-corrected chi connectivity index (χ2v) is 7.27. The minimum Gasteiger partial charge on any atom is -0.487 e. The molecule has 19 heavy (non-hydrogen) atoms. The minimum absolute atomic E-state index is 0.0988. The van der Waals surface area contributed by atoms with Crippen molar-refractivity contribution in [3.8, 4) is 5.75 Å². The molecule has 0 saturated carbocycles. The van der Waals surface area contributed by atoms with Crippen LogP contribution in [-0.2, 0) is 6.42 Å². The summed E-state index contributed by atoms with van der Waals surface area (Å²) in [5, 5.41) is 0. The highest BCUT2D eigenvalue weighted by Crippen LogP contribution is 2.44. The Balaban J connectivity index is 1.57. The van der Waals surface area contributed by atoms with Gasteiger partial charge < -0.3 is 9.64 Å². The summed E-state index contributed by atoms with van der Waals surface area (Å²) >= 11 is 3.57. The van der Waals surface area contributed by atoms with Crippen LogP contribution in [-0.4, -0.2) is 29.6 Å². The van der Waals surface area contributed by atoms with E-state index in [-0.39, 0.29) is 5.60 Å². The molecule has 3 heteroatoms. The monoisotopic (exact) mass is 321 g/mol. The molecule has 4 rings (SSSR count). The normalized spacial score (nSPS) is 33.8. The highest BCUT2D eigenvalue weighted by molar-refractivity contribution is 9.10. The molecule has 2 atom stereocenters. The molecule has 3 aliphatic rings. The molecule has 2 saturated heterocycles. The van der Waals surface area contributed by atoms with Crippen molar-refractivity contribution < 1.29 is 4.74 Å². The number of rotatable bonds is 0. The summed E-state index contributed by atoms with van der Waals surface area (Å²) in [4.78, 5) is 2.69. The van der Waals surface area contributed by atoms with Gasteiger partial charge in [0, 0.05) is 36.3 Å². The number of halogens is 1. The lowest BCUT2D eigenvalue weighted by atomic mass is 9.80. The molecule has 1 aromatic rings. The first-order chi connectivity index (χ1) is 9.24. The summed E-state index contributed by atoms with van der Waals surface area (Å²) in [6.07, 6.45) is 7.67. The first kappa shape index (κ1) is 12.2. The smallest absolute Gasteiger partial charge is 0.123 e. The van der Waals surface area contributed by atoms with E-state index in [0.29, 0.717) is 0 Å². The van der Waals surface area contributed by atoms with Crippen LogP contribution >= 0.6 is 15.9 Å². The van der Waals surface area contributed by atoms with E-state index in [4.69, 9.17) is 4.74 Å². The molecule has 0 radical (unpaired) electrons. The summed E-state index contributed by atoms with van der Waals surface area (Å²) < 4.78 is 7.56. The van der Waals surface area contributed by atoms with Gasteiger partial charge in [-0.3, -0.25) is 0 Å². The second-order valence-electron chi connectivity index (χ2n) is 6.35. The molecule has 3 aliphatic heterocycles. The van der Waals surface area contributed by atoms with E-state index in [1.165, 1.54) is 55.2 Å². The summed E-state index contributed by atoms with van der Waals surface area (Å²) in [6, 6.07) is 7.21. The Labute approximate surface area is 123 Å². The molecular weight excluding hydrogens is 302 g/mol. The molecule has 0 aromatic heterocycles. The SMILES string of the molecule is Brc1ccc2c(c1)CC1(CCN3CCCCC3C1)O2. The van der Waals surface area contributed by atoms with Gasteiger partial charge in [-0.1, -0.05) is 22.4 Å². The van der Waals surface area contributed by atoms with Crippen LogP contribution in [0.1, 0.15) is 37.7 Å². The molecule has 1 aromatic carbocycles. The van der Waals surface area contributed by atoms with Crippen LogP contribution < -0.4 is 4.74 Å². The van der Waals surface area contributed by atoms with Crippen LogP contribution in [0.25, 0.3) is 0 Å². The first-order valence-corrected chi connectivity index (χ1v) is 8.25. The Morgan fingerprint density at radius 2 is 2.21 bits per heavy atom. The van der Waals surface area contributed by atoms with Crippen molar-refractivity contribution >= 4 is 15.9 Å². The fraction of sp³-hybridized carbons (Fsp3) is 0.625. The zero-order chi connectivity index (χ0) is 12.9. The maximum absolute atomic E-state index is 6.39. The van der Waals surface area contributed by atoms with Crippen LogP contribution in [0.15, 0.2) is 22.7 Å². The van der Waals surface area contributed by atoms with Crippen LogP contribution in [0.4, 0.5) is 0 Å². The first-order valence-electron chi connectivity index (χ1n) is 7.46. The number of fused-ring (bicyclic) bond motifs is 2. The fourth-order valence-electron chi connectivity index (χ4n) is 4.12. The van der Waals surface area contributed by atoms with E-state index in [1.807, 2.05) is 0 Å². The van der Waals surface area contributed by atoms with Crippen LogP contribution in [0.3, 0.4) is 0 Å². The van der Waals surface area contributed by atoms with Gasteiger partial charge in [-0.15, -0.1) is 0 Å². The van der Waals surface area contributed by atoms with Crippen LogP contribution in [0, 0.1) is 0 Å². The largest absolute Gasteiger partial charge is 0.487 e. The van der Waals surface area contributed by atoms with E-state index >= 15 is 0 Å². The van der Waals surface area contributed by atoms with Crippen molar-refractivity contribution in [3.63, 3.8) is 0 Å². The third-order valence-electron chi connectivity index (χ3n) is 5.07. The van der Waals surface area contributed by atoms with E-state index in [1.54, 1.807) is 0 Å². The maximum Gasteiger partial charge on any atom is 0.123 e. The third kappa shape index (κ3) is 2.11. The number of nitrogens with zero attached hydrogens (tertiary/aromatic N) is 1. The summed E-state index contributed by atoms with van der Waals surface area (Å²) in [7, 11) is 0. The van der Waals surface area contributed by atoms with Crippen LogP contribution in [0.5, 0.6) is 5.75 Å². The van der Waals surface area contributed by atoms with Gasteiger partial charge in [0.25, 0.3) is 0 Å². The van der Waals surface area contributed by atoms with E-state index in [0.717, 1.165) is 18.2 Å². The van der Waals surface area contributed by atoms with Gasteiger partial charge in [-0.25, -0.2) is 0 Å². The molecule has 0 bridgehead atoms. The number of hydrogen-bond acceptors (Lipinski definition) is 2. The number of hydrogen-bond donors (Lipinski definition) is 0. The van der Waals surface area contributed by atoms with Crippen molar-refractivity contribution in [2.75, 3.05) is 13.1 Å². The standard InChI is InChI=1S/C16H20BrNO/c17-13-4-5-15-12(9-13)10-16(19-15)6-8-18-7-2-1-3-14(18)11-16/h4-5,9,14H,1-3,6-8,10-11H2. The van der Waals surface area contributed by atoms with Gasteiger partial charge in [-0.2, -0.15) is 0 Å². The molecule has 0 aliphatic carbocycles. The Morgan fingerprint density at radius 3 is 3.16 bits per heavy atom. The summed E-state index contributed by atoms with van der Waals surface area (Å²) in [5.74, 6) is 1.12. The maximum atomic E-state index is 6.39. The quantitative estimate of drug-likeness (QED) is 0.721. The molecule has 3 heterocycles. The molecule has 1 spiro atoms. The number of ether oxygens (including phenoxy) is 1. The topological polar surface area (TPSA) is 12.5 Å². The lowest BCUT2D eigenvalue weighted by Gasteiger charge is -2.46. The van der Waals surface area contributed by atoms with Crippen molar-refractivity contribution in [2.45, 2.75) is 50.2 Å². The molecule has 102 valence electrons. The number of piperidine rings is 2. The van der Waals surface area contributed by atoms with Crippen LogP contribution in [0.2, 0.25) is 0 Å². The van der Waals surface area contributed by atoms with Gasteiger partial charge in [-0.05, 0) is 43.1 Å². The molecule has 2 nitrogen and oxygen atoms in total. The van der Waals surface area contributed by atoms with Crippen molar-refractivity contribution in [3.05, 3.63) is 28.2 Å². The molecule has 2 unspecified atom stereocenters. The van der Waals surface area contributed by atoms with E-state index in [9.17, 15) is 0 Å². The third-order valence-corrected chi connectivity index (χ3v) is 5.57. The zero-order valence-electron chi connectivity index (χ0n) is 11.2. The van der Waals surface area contributed by atoms with Gasteiger partial charge in [0.05, 0.1) is 0 Å². The molecule has 2 fully saturated rings. The molecule has 0 amide bonds. The van der Waals surface area contributed by atoms with Crippen molar-refractivity contribution in [1.29, 1.82) is 0 Å². The van der Waals surface area contributed by atoms with E-state index < -0.39 is 0 Å². The fourth-order valence-corrected chi connectivity index (χ4v) is 4.53. The van der Waals surface area contributed by atoms with Gasteiger partial charge in [0.2, 0.25) is 0 Å². The Hall–Kier alpha value is -0.540. The van der Waals surface area contributed by atoms with Gasteiger partial charge in [0.15, 0.2) is 0 Å². The predicted octanol–water partition coefficient (Wildman–Crippen LogP) is 3.77. The Morgan fingerprint density at radius 1 is 1.26 bits per heavy atom. The summed E-state index contributed by atoms with van der Waals surface area (Å²) in [5.41, 5.74) is 1.49. The second kappa shape index (κ2) is 4.49.